The first kappa shape index (κ1) is 28.9. The molecule has 0 spiro atoms. The standard InChI is InChI=1S/C27H39ClN4O4Si/c1-17-21-12-18(10-11-23(21)32-31-17)22-13-19(14-29-24(22)28)34-15-20(36-25(33)30-26(2,3)4)16-35-37(8,9)27(5,6)7/h10-14,20H,15-16H2,1-9H3,(H,30,33)(H,31,32)/t20-/m1/s1. The normalized spacial score (nSPS) is 13.5. The van der Waals surface area contributed by atoms with Gasteiger partial charge in [0.2, 0.25) is 0 Å². The van der Waals surface area contributed by atoms with Crippen molar-refractivity contribution in [2.24, 2.45) is 0 Å². The molecule has 10 heteroatoms. The van der Waals surface area contributed by atoms with E-state index in [1.54, 1.807) is 6.20 Å². The Balaban J connectivity index is 1.78. The molecular weight excluding hydrogens is 508 g/mol. The fourth-order valence-electron chi connectivity index (χ4n) is 3.33. The smallest absolute Gasteiger partial charge is 0.408 e. The molecule has 2 N–H and O–H groups in total. The zero-order chi connectivity index (χ0) is 27.6. The van der Waals surface area contributed by atoms with Gasteiger partial charge in [0.15, 0.2) is 14.4 Å². The van der Waals surface area contributed by atoms with Crippen molar-refractivity contribution in [1.82, 2.24) is 20.5 Å². The van der Waals surface area contributed by atoms with E-state index in [1.165, 1.54) is 0 Å². The third kappa shape index (κ3) is 7.69. The van der Waals surface area contributed by atoms with E-state index in [-0.39, 0.29) is 18.3 Å². The third-order valence-electron chi connectivity index (χ3n) is 6.49. The van der Waals surface area contributed by atoms with Gasteiger partial charge in [0.1, 0.15) is 17.5 Å². The topological polar surface area (TPSA) is 98.4 Å². The zero-order valence-electron chi connectivity index (χ0n) is 23.3. The molecule has 0 fully saturated rings. The number of aryl methyl sites for hydroxylation is 1. The van der Waals surface area contributed by atoms with Gasteiger partial charge < -0.3 is 19.2 Å². The summed E-state index contributed by atoms with van der Waals surface area (Å²) in [4.78, 5) is 16.9. The van der Waals surface area contributed by atoms with Crippen molar-refractivity contribution in [2.75, 3.05) is 13.2 Å². The summed E-state index contributed by atoms with van der Waals surface area (Å²) in [6, 6.07) is 7.75. The summed E-state index contributed by atoms with van der Waals surface area (Å²) in [5.74, 6) is 0.514. The first-order valence-electron chi connectivity index (χ1n) is 12.4. The molecule has 37 heavy (non-hydrogen) atoms. The van der Waals surface area contributed by atoms with Crippen molar-refractivity contribution in [1.29, 1.82) is 0 Å². The summed E-state index contributed by atoms with van der Waals surface area (Å²) in [7, 11) is -2.06. The molecule has 3 rings (SSSR count). The minimum Gasteiger partial charge on any atom is -0.488 e. The number of hydrogen-bond donors (Lipinski definition) is 2. The van der Waals surface area contributed by atoms with Gasteiger partial charge in [0.05, 0.1) is 18.3 Å². The lowest BCUT2D eigenvalue weighted by atomic mass is 10.0. The first-order chi connectivity index (χ1) is 17.1. The minimum absolute atomic E-state index is 0.0233. The quantitative estimate of drug-likeness (QED) is 0.236. The van der Waals surface area contributed by atoms with Gasteiger partial charge in [-0.15, -0.1) is 0 Å². The number of amides is 1. The van der Waals surface area contributed by atoms with Crippen molar-refractivity contribution < 1.29 is 18.7 Å². The average Bonchev–Trinajstić information content (AvgIpc) is 3.14. The minimum atomic E-state index is -2.06. The highest BCUT2D eigenvalue weighted by Crippen LogP contribution is 2.37. The Morgan fingerprint density at radius 3 is 2.49 bits per heavy atom. The number of halogens is 1. The molecule has 0 saturated carbocycles. The number of pyridine rings is 1. The third-order valence-corrected chi connectivity index (χ3v) is 11.3. The van der Waals surface area contributed by atoms with Gasteiger partial charge in [-0.1, -0.05) is 38.4 Å². The molecule has 8 nitrogen and oxygen atoms in total. The van der Waals surface area contributed by atoms with Crippen LogP contribution >= 0.6 is 11.6 Å². The van der Waals surface area contributed by atoms with Crippen molar-refractivity contribution in [3.8, 4) is 16.9 Å². The number of carbonyl (C=O) groups excluding carboxylic acids is 1. The molecule has 1 amide bonds. The van der Waals surface area contributed by atoms with E-state index in [9.17, 15) is 4.79 Å². The molecule has 2 heterocycles. The molecule has 202 valence electrons. The molecule has 0 aliphatic rings. The number of aromatic nitrogens is 3. The number of aromatic amines is 1. The van der Waals surface area contributed by atoms with Crippen molar-refractivity contribution in [3.63, 3.8) is 0 Å². The molecule has 0 bridgehead atoms. The highest BCUT2D eigenvalue weighted by Gasteiger charge is 2.38. The number of fused-ring (bicyclic) bond motifs is 1. The Morgan fingerprint density at radius 2 is 1.84 bits per heavy atom. The molecule has 3 aromatic rings. The SMILES string of the molecule is Cc1[nH]nc2ccc(-c3cc(OC[C@H](CO[Si](C)(C)C(C)(C)C)OC(=O)NC(C)(C)C)cnc3Cl)cc12. The second-order valence-electron chi connectivity index (χ2n) is 11.9. The Kier molecular flexibility index (Phi) is 8.61. The van der Waals surface area contributed by atoms with Gasteiger partial charge >= 0.3 is 6.09 Å². The average molecular weight is 547 g/mol. The maximum atomic E-state index is 12.5. The Morgan fingerprint density at radius 1 is 1.14 bits per heavy atom. The predicted molar refractivity (Wildman–Crippen MR) is 151 cm³/mol. The van der Waals surface area contributed by atoms with Gasteiger partial charge in [-0.05, 0) is 69.6 Å². The molecule has 2 aromatic heterocycles. The molecule has 1 atom stereocenters. The number of hydrogen-bond acceptors (Lipinski definition) is 6. The summed E-state index contributed by atoms with van der Waals surface area (Å²) in [5.41, 5.74) is 3.07. The van der Waals surface area contributed by atoms with Gasteiger partial charge in [-0.2, -0.15) is 5.10 Å². The highest BCUT2D eigenvalue weighted by atomic mass is 35.5. The summed E-state index contributed by atoms with van der Waals surface area (Å²) >= 11 is 6.45. The number of alkyl carbamates (subject to hydrolysis) is 1. The number of nitrogens with one attached hydrogen (secondary N) is 2. The summed E-state index contributed by atoms with van der Waals surface area (Å²) in [5, 5.41) is 11.5. The number of rotatable bonds is 8. The van der Waals surface area contributed by atoms with Crippen LogP contribution in [0.3, 0.4) is 0 Å². The van der Waals surface area contributed by atoms with Crippen LogP contribution < -0.4 is 10.1 Å². The van der Waals surface area contributed by atoms with Gasteiger partial charge in [-0.25, -0.2) is 9.78 Å². The molecule has 0 radical (unpaired) electrons. The molecule has 0 aliphatic heterocycles. The van der Waals surface area contributed by atoms with Crippen LogP contribution in [0.15, 0.2) is 30.5 Å². The number of carbonyl (C=O) groups is 1. The zero-order valence-corrected chi connectivity index (χ0v) is 25.0. The summed E-state index contributed by atoms with van der Waals surface area (Å²) in [6.45, 7) is 18.8. The van der Waals surface area contributed by atoms with Crippen LogP contribution in [0.5, 0.6) is 5.75 Å². The van der Waals surface area contributed by atoms with E-state index in [0.717, 1.165) is 27.7 Å². The Hall–Kier alpha value is -2.62. The van der Waals surface area contributed by atoms with E-state index >= 15 is 0 Å². The Labute approximate surface area is 225 Å². The van der Waals surface area contributed by atoms with Gasteiger partial charge in [-0.3, -0.25) is 5.10 Å². The van der Waals surface area contributed by atoms with Crippen LogP contribution in [0, 0.1) is 6.92 Å². The number of nitrogens with zero attached hydrogens (tertiary/aromatic N) is 2. The first-order valence-corrected chi connectivity index (χ1v) is 15.7. The number of ether oxygens (including phenoxy) is 2. The highest BCUT2D eigenvalue weighted by molar-refractivity contribution is 6.74. The second kappa shape index (κ2) is 11.0. The summed E-state index contributed by atoms with van der Waals surface area (Å²) < 4.78 is 18.1. The lowest BCUT2D eigenvalue weighted by Gasteiger charge is -2.37. The number of H-pyrrole nitrogens is 1. The monoisotopic (exact) mass is 546 g/mol. The molecule has 0 saturated heterocycles. The fourth-order valence-corrected chi connectivity index (χ4v) is 4.57. The largest absolute Gasteiger partial charge is 0.488 e. The molecule has 0 unspecified atom stereocenters. The summed E-state index contributed by atoms with van der Waals surface area (Å²) in [6.07, 6.45) is 0.438. The van der Waals surface area contributed by atoms with E-state index in [1.807, 2.05) is 52.0 Å². The van der Waals surface area contributed by atoms with Crippen LogP contribution in [0.4, 0.5) is 4.79 Å². The van der Waals surface area contributed by atoms with Crippen LogP contribution in [-0.4, -0.2) is 54.4 Å². The molecule has 1 aromatic carbocycles. The molecule has 0 aliphatic carbocycles. The van der Waals surface area contributed by atoms with Crippen LogP contribution in [0.25, 0.3) is 22.0 Å². The second-order valence-corrected chi connectivity index (χ2v) is 17.0. The molecular formula is C27H39ClN4O4Si. The lowest BCUT2D eigenvalue weighted by molar-refractivity contribution is 0.0289. The van der Waals surface area contributed by atoms with Gasteiger partial charge in [0, 0.05) is 22.2 Å². The van der Waals surface area contributed by atoms with Crippen molar-refractivity contribution in [2.45, 2.75) is 78.2 Å². The van der Waals surface area contributed by atoms with E-state index in [4.69, 9.17) is 25.5 Å². The van der Waals surface area contributed by atoms with E-state index < -0.39 is 26.1 Å². The maximum absolute atomic E-state index is 12.5. The van der Waals surface area contributed by atoms with Crippen molar-refractivity contribution >= 4 is 36.9 Å². The number of benzene rings is 1. The van der Waals surface area contributed by atoms with Gasteiger partial charge in [0.25, 0.3) is 0 Å². The fraction of sp³-hybridized carbons (Fsp3) is 0.519. The van der Waals surface area contributed by atoms with Crippen LogP contribution in [-0.2, 0) is 9.16 Å². The van der Waals surface area contributed by atoms with E-state index in [0.29, 0.717) is 10.9 Å². The van der Waals surface area contributed by atoms with Crippen LogP contribution in [0.2, 0.25) is 23.3 Å². The van der Waals surface area contributed by atoms with Crippen LogP contribution in [0.1, 0.15) is 47.2 Å². The maximum Gasteiger partial charge on any atom is 0.408 e. The predicted octanol–water partition coefficient (Wildman–Crippen LogP) is 6.88. The Bertz CT molecular complexity index is 1250. The van der Waals surface area contributed by atoms with Crippen molar-refractivity contribution in [3.05, 3.63) is 41.3 Å². The van der Waals surface area contributed by atoms with E-state index in [2.05, 4.69) is 54.4 Å². The lowest BCUT2D eigenvalue weighted by Crippen LogP contribution is -2.46.